The second-order valence-electron chi connectivity index (χ2n) is 4.07. The Labute approximate surface area is 107 Å². The molecule has 0 radical (unpaired) electrons. The van der Waals surface area contributed by atoms with Crippen molar-refractivity contribution in [1.82, 2.24) is 10.2 Å². The van der Waals surface area contributed by atoms with Gasteiger partial charge in [-0.15, -0.1) is 5.10 Å². The van der Waals surface area contributed by atoms with Crippen LogP contribution in [0.25, 0.3) is 0 Å². The van der Waals surface area contributed by atoms with Gasteiger partial charge in [-0.05, 0) is 26.8 Å². The van der Waals surface area contributed by atoms with E-state index in [9.17, 15) is 0 Å². The average molecular weight is 242 g/mol. The lowest BCUT2D eigenvalue weighted by Crippen LogP contribution is -2.31. The van der Waals surface area contributed by atoms with Crippen LogP contribution in [0.4, 0.5) is 0 Å². The predicted octanol–water partition coefficient (Wildman–Crippen LogP) is 2.61. The van der Waals surface area contributed by atoms with E-state index in [4.69, 9.17) is 0 Å². The molecule has 0 rings (SSSR count). The molecule has 0 aromatic rings. The molecule has 4 heteroatoms. The number of nitrogens with one attached hydrogen (secondary N) is 1. The van der Waals surface area contributed by atoms with Crippen molar-refractivity contribution in [3.63, 3.8) is 0 Å². The van der Waals surface area contributed by atoms with Crippen molar-refractivity contribution in [2.75, 3.05) is 27.2 Å². The van der Waals surface area contributed by atoms with E-state index in [0.29, 0.717) is 5.92 Å². The summed E-state index contributed by atoms with van der Waals surface area (Å²) in [5, 5.41) is 11.5. The minimum Gasteiger partial charge on any atom is -0.361 e. The fourth-order valence-electron chi connectivity index (χ4n) is 0.784. The summed E-state index contributed by atoms with van der Waals surface area (Å²) in [5.41, 5.74) is 1.07. The number of nitrogens with zero attached hydrogens (tertiary/aromatic N) is 3. The van der Waals surface area contributed by atoms with Gasteiger partial charge in [0, 0.05) is 25.8 Å². The van der Waals surface area contributed by atoms with Crippen LogP contribution in [-0.4, -0.2) is 43.6 Å². The highest BCUT2D eigenvalue weighted by Gasteiger charge is 2.00. The molecule has 0 bridgehead atoms. The fourth-order valence-corrected chi connectivity index (χ4v) is 0.784. The summed E-state index contributed by atoms with van der Waals surface area (Å²) in [4.78, 5) is 2.09. The predicted molar refractivity (Wildman–Crippen MR) is 79.0 cm³/mol. The molecule has 102 valence electrons. The largest absolute Gasteiger partial charge is 0.361 e. The van der Waals surface area contributed by atoms with E-state index in [0.717, 1.165) is 24.6 Å². The van der Waals surface area contributed by atoms with Crippen molar-refractivity contribution >= 4 is 11.5 Å². The smallest absolute Gasteiger partial charge is 0.124 e. The lowest BCUT2D eigenvalue weighted by Gasteiger charge is -2.17. The Morgan fingerprint density at radius 2 is 1.71 bits per heavy atom. The summed E-state index contributed by atoms with van der Waals surface area (Å²) < 4.78 is 0. The van der Waals surface area contributed by atoms with Gasteiger partial charge in [0.25, 0.3) is 0 Å². The van der Waals surface area contributed by atoms with Crippen molar-refractivity contribution in [3.05, 3.63) is 0 Å². The zero-order valence-corrected chi connectivity index (χ0v) is 12.8. The van der Waals surface area contributed by atoms with Gasteiger partial charge >= 0.3 is 0 Å². The van der Waals surface area contributed by atoms with Gasteiger partial charge in [-0.3, -0.25) is 0 Å². The first kappa shape index (κ1) is 18.5. The van der Waals surface area contributed by atoms with Crippen molar-refractivity contribution in [2.45, 2.75) is 41.5 Å². The van der Waals surface area contributed by atoms with E-state index in [1.807, 2.05) is 41.8 Å². The number of amidine groups is 1. The molecule has 0 amide bonds. The molecule has 0 fully saturated rings. The average Bonchev–Trinajstić information content (AvgIpc) is 2.34. The van der Waals surface area contributed by atoms with E-state index < -0.39 is 0 Å². The number of hydrogen-bond acceptors (Lipinski definition) is 3. The van der Waals surface area contributed by atoms with Gasteiger partial charge in [-0.25, -0.2) is 0 Å². The van der Waals surface area contributed by atoms with Crippen molar-refractivity contribution in [1.29, 1.82) is 0 Å². The molecule has 0 saturated carbocycles. The second kappa shape index (κ2) is 11.6. The van der Waals surface area contributed by atoms with Gasteiger partial charge in [0.05, 0.1) is 0 Å². The molecule has 0 aliphatic heterocycles. The third kappa shape index (κ3) is 10.00. The van der Waals surface area contributed by atoms with Gasteiger partial charge < -0.3 is 10.2 Å². The van der Waals surface area contributed by atoms with Crippen LogP contribution in [0.1, 0.15) is 41.5 Å². The van der Waals surface area contributed by atoms with Crippen molar-refractivity contribution in [2.24, 2.45) is 16.1 Å². The van der Waals surface area contributed by atoms with E-state index in [2.05, 4.69) is 34.3 Å². The fraction of sp³-hybridized carbons (Fsp3) is 0.846. The van der Waals surface area contributed by atoms with E-state index in [-0.39, 0.29) is 0 Å². The third-order valence-corrected chi connectivity index (χ3v) is 2.44. The maximum atomic E-state index is 4.20. The summed E-state index contributed by atoms with van der Waals surface area (Å²) in [6.07, 6.45) is 0. The number of rotatable bonds is 5. The molecule has 0 aliphatic rings. The molecule has 0 unspecified atom stereocenters. The van der Waals surface area contributed by atoms with Crippen LogP contribution in [0.2, 0.25) is 0 Å². The van der Waals surface area contributed by atoms with E-state index in [1.54, 1.807) is 0 Å². The maximum absolute atomic E-state index is 4.20. The number of hydrogen-bond donors (Lipinski definition) is 1. The highest BCUT2D eigenvalue weighted by Crippen LogP contribution is 1.97. The molecule has 1 N–H and O–H groups in total. The number of likely N-dealkylation sites (N-methyl/N-ethyl adjacent to an activating group) is 2. The van der Waals surface area contributed by atoms with Crippen LogP contribution >= 0.6 is 0 Å². The Hall–Kier alpha value is -0.900. The van der Waals surface area contributed by atoms with Crippen LogP contribution in [0, 0.1) is 5.92 Å². The Morgan fingerprint density at radius 1 is 1.18 bits per heavy atom. The van der Waals surface area contributed by atoms with Crippen LogP contribution in [-0.2, 0) is 0 Å². The van der Waals surface area contributed by atoms with Crippen LogP contribution in [0.15, 0.2) is 10.2 Å². The molecule has 0 aromatic heterocycles. The van der Waals surface area contributed by atoms with Gasteiger partial charge in [0.2, 0.25) is 0 Å². The summed E-state index contributed by atoms with van der Waals surface area (Å²) >= 11 is 0. The van der Waals surface area contributed by atoms with Gasteiger partial charge in [-0.1, -0.05) is 27.7 Å². The Morgan fingerprint density at radius 3 is 2.12 bits per heavy atom. The van der Waals surface area contributed by atoms with Gasteiger partial charge in [0.15, 0.2) is 0 Å². The van der Waals surface area contributed by atoms with Gasteiger partial charge in [-0.2, -0.15) is 5.10 Å². The van der Waals surface area contributed by atoms with Crippen LogP contribution in [0.3, 0.4) is 0 Å². The standard InChI is InChI=1S/C11H24N4.C2H6/c1-9(2)10(3)13-14-11(4)15(6)8-7-12-5;1-2/h9,12H,7-8H2,1-6H3;1-2H3/b13-10+,14-11+;. The molecule has 0 aliphatic carbocycles. The normalized spacial score (nSPS) is 12.3. The molecule has 17 heavy (non-hydrogen) atoms. The quantitative estimate of drug-likeness (QED) is 0.457. The van der Waals surface area contributed by atoms with Crippen molar-refractivity contribution < 1.29 is 0 Å². The maximum Gasteiger partial charge on any atom is 0.124 e. The Kier molecular flexibility index (Phi) is 12.6. The van der Waals surface area contributed by atoms with Gasteiger partial charge in [0.1, 0.15) is 5.84 Å². The summed E-state index contributed by atoms with van der Waals surface area (Å²) in [7, 11) is 3.97. The summed E-state index contributed by atoms with van der Waals surface area (Å²) in [5.74, 6) is 1.41. The molecule has 0 heterocycles. The summed E-state index contributed by atoms with van der Waals surface area (Å²) in [6, 6.07) is 0. The molecule has 0 atom stereocenters. The molecule has 0 aromatic carbocycles. The molecule has 4 nitrogen and oxygen atoms in total. The highest BCUT2D eigenvalue weighted by molar-refractivity contribution is 5.85. The lowest BCUT2D eigenvalue weighted by atomic mass is 10.1. The third-order valence-electron chi connectivity index (χ3n) is 2.44. The Bertz CT molecular complexity index is 232. The first-order chi connectivity index (χ1) is 7.99. The second-order valence-corrected chi connectivity index (χ2v) is 4.07. The zero-order chi connectivity index (χ0) is 13.8. The van der Waals surface area contributed by atoms with E-state index in [1.165, 1.54) is 0 Å². The van der Waals surface area contributed by atoms with E-state index >= 15 is 0 Å². The monoisotopic (exact) mass is 242 g/mol. The first-order valence-electron chi connectivity index (χ1n) is 6.43. The molecular weight excluding hydrogens is 212 g/mol. The minimum absolute atomic E-state index is 0.462. The molecule has 0 spiro atoms. The Balaban J connectivity index is 0. The summed E-state index contributed by atoms with van der Waals surface area (Å²) in [6.45, 7) is 14.1. The lowest BCUT2D eigenvalue weighted by molar-refractivity contribution is 0.491. The first-order valence-corrected chi connectivity index (χ1v) is 6.43. The van der Waals surface area contributed by atoms with Crippen molar-refractivity contribution in [3.8, 4) is 0 Å². The van der Waals surface area contributed by atoms with Crippen LogP contribution in [0.5, 0.6) is 0 Å². The highest BCUT2D eigenvalue weighted by atomic mass is 15.3. The zero-order valence-electron chi connectivity index (χ0n) is 12.8. The molecular formula is C13H30N4. The SMILES string of the molecule is CC.CNCCN(C)/C(C)=N/N=C(\C)C(C)C. The minimum atomic E-state index is 0.462. The topological polar surface area (TPSA) is 40.0 Å². The van der Waals surface area contributed by atoms with Crippen LogP contribution < -0.4 is 5.32 Å². The molecule has 0 saturated heterocycles.